The Kier molecular flexibility index (Phi) is 4.53. The van der Waals surface area contributed by atoms with Crippen molar-refractivity contribution in [1.29, 1.82) is 0 Å². The number of carbonyl (C=O) groups is 2. The first kappa shape index (κ1) is 17.4. The molecule has 2 aromatic rings. The van der Waals surface area contributed by atoms with Crippen molar-refractivity contribution in [3.63, 3.8) is 0 Å². The van der Waals surface area contributed by atoms with Crippen LogP contribution in [0.25, 0.3) is 0 Å². The summed E-state index contributed by atoms with van der Waals surface area (Å²) in [6, 6.07) is -0.124. The minimum absolute atomic E-state index is 0.480. The number of halogens is 5. The molecule has 0 bridgehead atoms. The third kappa shape index (κ3) is 2.92. The predicted molar refractivity (Wildman–Crippen MR) is 68.8 cm³/mol. The third-order valence-electron chi connectivity index (χ3n) is 3.04. The molecule has 0 radical (unpaired) electrons. The molecule has 6 nitrogen and oxygen atoms in total. The van der Waals surface area contributed by atoms with Crippen LogP contribution in [0.5, 0.6) is 0 Å². The molecule has 0 aliphatic heterocycles. The van der Waals surface area contributed by atoms with E-state index in [4.69, 9.17) is 5.11 Å². The summed E-state index contributed by atoms with van der Waals surface area (Å²) < 4.78 is 66.9. The Morgan fingerprint density at radius 1 is 1.08 bits per heavy atom. The number of anilines is 1. The SMILES string of the molecule is CC(C(=O)O)n1ccc(C(=O)Nc2c(F)c(F)c(F)c(F)c2F)n1. The lowest BCUT2D eigenvalue weighted by Gasteiger charge is -2.09. The minimum Gasteiger partial charge on any atom is -0.480 e. The van der Waals surface area contributed by atoms with E-state index in [-0.39, 0.29) is 0 Å². The van der Waals surface area contributed by atoms with Gasteiger partial charge in [-0.25, -0.2) is 26.7 Å². The summed E-state index contributed by atoms with van der Waals surface area (Å²) in [6.45, 7) is 1.25. The molecule has 2 N–H and O–H groups in total. The number of amides is 1. The maximum Gasteiger partial charge on any atom is 0.328 e. The minimum atomic E-state index is -2.36. The standard InChI is InChI=1S/C13H8F5N3O3/c1-4(13(23)24)21-3-2-5(20-21)12(22)19-11-9(17)7(15)6(14)8(16)10(11)18/h2-4H,1H3,(H,19,22)(H,23,24). The molecule has 0 aliphatic carbocycles. The summed E-state index contributed by atoms with van der Waals surface area (Å²) in [7, 11) is 0. The molecule has 1 heterocycles. The van der Waals surface area contributed by atoms with E-state index < -0.39 is 58.4 Å². The average Bonchev–Trinajstić information content (AvgIpc) is 3.04. The zero-order chi connectivity index (χ0) is 18.2. The molecule has 2 rings (SSSR count). The fourth-order valence-electron chi connectivity index (χ4n) is 1.68. The van der Waals surface area contributed by atoms with Crippen LogP contribution < -0.4 is 5.32 Å². The number of hydrogen-bond acceptors (Lipinski definition) is 3. The van der Waals surface area contributed by atoms with Gasteiger partial charge in [-0.15, -0.1) is 0 Å². The van der Waals surface area contributed by atoms with E-state index in [1.54, 1.807) is 0 Å². The zero-order valence-electron chi connectivity index (χ0n) is 11.8. The van der Waals surface area contributed by atoms with E-state index in [1.165, 1.54) is 12.2 Å². The van der Waals surface area contributed by atoms with Gasteiger partial charge in [0.05, 0.1) is 0 Å². The predicted octanol–water partition coefficient (Wildman–Crippen LogP) is 2.48. The lowest BCUT2D eigenvalue weighted by molar-refractivity contribution is -0.140. The molecule has 0 aliphatic rings. The Bertz CT molecular complexity index is 807. The summed E-state index contributed by atoms with van der Waals surface area (Å²) in [6.07, 6.45) is 1.10. The fraction of sp³-hybridized carbons (Fsp3) is 0.154. The summed E-state index contributed by atoms with van der Waals surface area (Å²) in [5.74, 6) is -13.7. The number of aliphatic carboxylic acids is 1. The van der Waals surface area contributed by atoms with Gasteiger partial charge in [-0.05, 0) is 13.0 Å². The van der Waals surface area contributed by atoms with Gasteiger partial charge < -0.3 is 10.4 Å². The Morgan fingerprint density at radius 2 is 1.58 bits per heavy atom. The number of rotatable bonds is 4. The molecule has 0 saturated heterocycles. The highest BCUT2D eigenvalue weighted by molar-refractivity contribution is 6.03. The number of carboxylic acid groups (broad SMARTS) is 1. The number of nitrogens with one attached hydrogen (secondary N) is 1. The van der Waals surface area contributed by atoms with Crippen LogP contribution in [0.3, 0.4) is 0 Å². The molecule has 11 heteroatoms. The molecule has 0 fully saturated rings. The quantitative estimate of drug-likeness (QED) is 0.505. The van der Waals surface area contributed by atoms with Crippen LogP contribution in [0.15, 0.2) is 12.3 Å². The van der Waals surface area contributed by atoms with E-state index in [0.717, 1.165) is 16.9 Å². The van der Waals surface area contributed by atoms with E-state index >= 15 is 0 Å². The Labute approximate surface area is 130 Å². The lowest BCUT2D eigenvalue weighted by atomic mass is 10.2. The van der Waals surface area contributed by atoms with Gasteiger partial charge in [0.1, 0.15) is 11.7 Å². The molecule has 0 saturated carbocycles. The first-order chi connectivity index (χ1) is 11.1. The smallest absolute Gasteiger partial charge is 0.328 e. The largest absolute Gasteiger partial charge is 0.480 e. The number of carboxylic acids is 1. The van der Waals surface area contributed by atoms with Crippen LogP contribution in [0, 0.1) is 29.1 Å². The van der Waals surface area contributed by atoms with Crippen molar-refractivity contribution in [3.05, 3.63) is 47.0 Å². The van der Waals surface area contributed by atoms with Crippen molar-refractivity contribution in [2.75, 3.05) is 5.32 Å². The third-order valence-corrected chi connectivity index (χ3v) is 3.04. The highest BCUT2D eigenvalue weighted by atomic mass is 19.2. The number of aromatic nitrogens is 2. The van der Waals surface area contributed by atoms with Gasteiger partial charge in [0.15, 0.2) is 29.0 Å². The van der Waals surface area contributed by atoms with Crippen LogP contribution in [0.2, 0.25) is 0 Å². The highest BCUT2D eigenvalue weighted by Gasteiger charge is 2.27. The van der Waals surface area contributed by atoms with Crippen molar-refractivity contribution < 1.29 is 36.6 Å². The van der Waals surface area contributed by atoms with E-state index in [2.05, 4.69) is 5.10 Å². The molecule has 0 spiro atoms. The van der Waals surface area contributed by atoms with Crippen LogP contribution in [0.4, 0.5) is 27.6 Å². The zero-order valence-corrected chi connectivity index (χ0v) is 11.8. The van der Waals surface area contributed by atoms with Crippen LogP contribution in [-0.2, 0) is 4.79 Å². The Morgan fingerprint density at radius 3 is 2.08 bits per heavy atom. The molecular weight excluding hydrogens is 341 g/mol. The fourth-order valence-corrected chi connectivity index (χ4v) is 1.68. The van der Waals surface area contributed by atoms with Gasteiger partial charge in [0, 0.05) is 6.20 Å². The molecule has 1 unspecified atom stereocenters. The number of carbonyl (C=O) groups excluding carboxylic acids is 1. The maximum atomic E-state index is 13.5. The van der Waals surface area contributed by atoms with Gasteiger partial charge in [0.25, 0.3) is 5.91 Å². The average molecular weight is 349 g/mol. The summed E-state index contributed by atoms with van der Waals surface area (Å²) in [5.41, 5.74) is -2.01. The first-order valence-corrected chi connectivity index (χ1v) is 6.25. The van der Waals surface area contributed by atoms with Gasteiger partial charge >= 0.3 is 5.97 Å². The first-order valence-electron chi connectivity index (χ1n) is 6.25. The molecule has 1 amide bonds. The van der Waals surface area contributed by atoms with Crippen molar-refractivity contribution in [1.82, 2.24) is 9.78 Å². The molecule has 24 heavy (non-hydrogen) atoms. The molecule has 1 atom stereocenters. The van der Waals surface area contributed by atoms with Gasteiger partial charge in [0.2, 0.25) is 5.82 Å². The lowest BCUT2D eigenvalue weighted by Crippen LogP contribution is -2.19. The number of nitrogens with zero attached hydrogens (tertiary/aromatic N) is 2. The van der Waals surface area contributed by atoms with Gasteiger partial charge in [-0.3, -0.25) is 9.48 Å². The Hall–Kier alpha value is -2.98. The van der Waals surface area contributed by atoms with E-state index in [1.807, 2.05) is 0 Å². The van der Waals surface area contributed by atoms with Crippen LogP contribution >= 0.6 is 0 Å². The topological polar surface area (TPSA) is 84.2 Å². The van der Waals surface area contributed by atoms with Crippen LogP contribution in [0.1, 0.15) is 23.5 Å². The molecule has 1 aromatic carbocycles. The number of hydrogen-bond donors (Lipinski definition) is 2. The highest BCUT2D eigenvalue weighted by Crippen LogP contribution is 2.27. The second kappa shape index (κ2) is 6.26. The van der Waals surface area contributed by atoms with Crippen molar-refractivity contribution in [2.24, 2.45) is 0 Å². The van der Waals surface area contributed by atoms with Gasteiger partial charge in [-0.2, -0.15) is 5.10 Å². The van der Waals surface area contributed by atoms with Gasteiger partial charge in [-0.1, -0.05) is 0 Å². The summed E-state index contributed by atoms with van der Waals surface area (Å²) in [4.78, 5) is 22.6. The van der Waals surface area contributed by atoms with E-state index in [9.17, 15) is 31.5 Å². The second-order valence-electron chi connectivity index (χ2n) is 4.59. The van der Waals surface area contributed by atoms with Crippen LogP contribution in [-0.4, -0.2) is 26.8 Å². The number of benzene rings is 1. The monoisotopic (exact) mass is 349 g/mol. The van der Waals surface area contributed by atoms with E-state index in [0.29, 0.717) is 0 Å². The molecule has 1 aromatic heterocycles. The maximum absolute atomic E-state index is 13.5. The van der Waals surface area contributed by atoms with Crippen molar-refractivity contribution >= 4 is 17.6 Å². The normalized spacial score (nSPS) is 12.1. The second-order valence-corrected chi connectivity index (χ2v) is 4.59. The molecule has 128 valence electrons. The van der Waals surface area contributed by atoms with Crippen molar-refractivity contribution in [3.8, 4) is 0 Å². The summed E-state index contributed by atoms with van der Waals surface area (Å²) in [5, 5.41) is 13.9. The van der Waals surface area contributed by atoms with Crippen molar-refractivity contribution in [2.45, 2.75) is 13.0 Å². The summed E-state index contributed by atoms with van der Waals surface area (Å²) >= 11 is 0. The molecular formula is C13H8F5N3O3. The Balaban J connectivity index is 2.33.